The molecule has 16 heavy (non-hydrogen) atoms. The zero-order valence-electron chi connectivity index (χ0n) is 9.04. The van der Waals surface area contributed by atoms with Gasteiger partial charge in [-0.15, -0.1) is 5.10 Å². The van der Waals surface area contributed by atoms with Crippen molar-refractivity contribution in [3.8, 4) is 17.0 Å². The number of carbonyl (C=O) groups excluding carboxylic acids is 1. The zero-order chi connectivity index (χ0) is 11.5. The number of aromatic nitrogens is 3. The van der Waals surface area contributed by atoms with Crippen molar-refractivity contribution in [3.63, 3.8) is 0 Å². The van der Waals surface area contributed by atoms with Gasteiger partial charge in [0.05, 0.1) is 12.8 Å². The molecule has 0 radical (unpaired) electrons. The molecular formula is C11H11N3O2. The van der Waals surface area contributed by atoms with Crippen molar-refractivity contribution in [1.82, 2.24) is 15.0 Å². The van der Waals surface area contributed by atoms with Gasteiger partial charge in [0.25, 0.3) is 0 Å². The molecule has 0 saturated heterocycles. The van der Waals surface area contributed by atoms with Gasteiger partial charge in [-0.3, -0.25) is 4.79 Å². The summed E-state index contributed by atoms with van der Waals surface area (Å²) in [7, 11) is 3.34. The maximum atomic E-state index is 10.8. The standard InChI is InChI=1S/C11H11N3O2/c1-14-11(10(7-15)12-13-14)8-4-3-5-9(6-8)16-2/h3-7H,1-2H3. The van der Waals surface area contributed by atoms with Crippen molar-refractivity contribution >= 4 is 6.29 Å². The highest BCUT2D eigenvalue weighted by molar-refractivity contribution is 5.83. The molecule has 0 aliphatic rings. The van der Waals surface area contributed by atoms with Crippen LogP contribution >= 0.6 is 0 Å². The van der Waals surface area contributed by atoms with Crippen LogP contribution in [0.25, 0.3) is 11.3 Å². The highest BCUT2D eigenvalue weighted by atomic mass is 16.5. The SMILES string of the molecule is COc1cccc(-c2c(C=O)nnn2C)c1. The lowest BCUT2D eigenvalue weighted by atomic mass is 10.1. The van der Waals surface area contributed by atoms with Crippen LogP contribution in [-0.2, 0) is 7.05 Å². The fourth-order valence-electron chi connectivity index (χ4n) is 1.56. The Morgan fingerprint density at radius 3 is 2.94 bits per heavy atom. The van der Waals surface area contributed by atoms with E-state index >= 15 is 0 Å². The minimum Gasteiger partial charge on any atom is -0.497 e. The normalized spacial score (nSPS) is 10.1. The Balaban J connectivity index is 2.57. The monoisotopic (exact) mass is 217 g/mol. The fraction of sp³-hybridized carbons (Fsp3) is 0.182. The van der Waals surface area contributed by atoms with Crippen LogP contribution in [0.3, 0.4) is 0 Å². The lowest BCUT2D eigenvalue weighted by Gasteiger charge is -2.04. The van der Waals surface area contributed by atoms with E-state index in [0.717, 1.165) is 11.3 Å². The number of rotatable bonds is 3. The Morgan fingerprint density at radius 1 is 1.44 bits per heavy atom. The van der Waals surface area contributed by atoms with Gasteiger partial charge in [0.2, 0.25) is 0 Å². The summed E-state index contributed by atoms with van der Waals surface area (Å²) in [6.45, 7) is 0. The third-order valence-electron chi connectivity index (χ3n) is 2.31. The van der Waals surface area contributed by atoms with E-state index in [0.29, 0.717) is 17.7 Å². The molecule has 0 atom stereocenters. The van der Waals surface area contributed by atoms with E-state index in [1.807, 2.05) is 24.3 Å². The van der Waals surface area contributed by atoms with Crippen molar-refractivity contribution in [3.05, 3.63) is 30.0 Å². The first-order valence-corrected chi connectivity index (χ1v) is 4.75. The van der Waals surface area contributed by atoms with Crippen LogP contribution in [0.2, 0.25) is 0 Å². The number of aldehydes is 1. The van der Waals surface area contributed by atoms with Gasteiger partial charge >= 0.3 is 0 Å². The van der Waals surface area contributed by atoms with E-state index < -0.39 is 0 Å². The predicted octanol–water partition coefficient (Wildman–Crippen LogP) is 1.30. The van der Waals surface area contributed by atoms with Gasteiger partial charge in [-0.1, -0.05) is 17.3 Å². The number of ether oxygens (including phenoxy) is 1. The van der Waals surface area contributed by atoms with E-state index in [1.54, 1.807) is 18.8 Å². The summed E-state index contributed by atoms with van der Waals surface area (Å²) >= 11 is 0. The Kier molecular flexibility index (Phi) is 2.68. The Morgan fingerprint density at radius 2 is 2.25 bits per heavy atom. The minimum atomic E-state index is 0.329. The molecule has 0 bridgehead atoms. The summed E-state index contributed by atoms with van der Waals surface area (Å²) in [5.41, 5.74) is 1.87. The maximum Gasteiger partial charge on any atom is 0.172 e. The third-order valence-corrected chi connectivity index (χ3v) is 2.31. The van der Waals surface area contributed by atoms with Gasteiger partial charge in [-0.25, -0.2) is 4.68 Å². The van der Waals surface area contributed by atoms with Crippen LogP contribution < -0.4 is 4.74 Å². The van der Waals surface area contributed by atoms with Gasteiger partial charge < -0.3 is 4.74 Å². The molecule has 1 aromatic heterocycles. The van der Waals surface area contributed by atoms with Crippen LogP contribution in [0.15, 0.2) is 24.3 Å². The van der Waals surface area contributed by atoms with Crippen LogP contribution in [0.4, 0.5) is 0 Å². The first kappa shape index (κ1) is 10.4. The molecule has 0 N–H and O–H groups in total. The van der Waals surface area contributed by atoms with E-state index in [-0.39, 0.29) is 0 Å². The summed E-state index contributed by atoms with van der Waals surface area (Å²) in [5.74, 6) is 0.732. The van der Waals surface area contributed by atoms with Gasteiger partial charge in [0, 0.05) is 12.6 Å². The number of aryl methyl sites for hydroxylation is 1. The van der Waals surface area contributed by atoms with Crippen LogP contribution in [-0.4, -0.2) is 28.4 Å². The van der Waals surface area contributed by atoms with Crippen LogP contribution in [0.5, 0.6) is 5.75 Å². The molecule has 0 unspecified atom stereocenters. The fourth-order valence-corrected chi connectivity index (χ4v) is 1.56. The Labute approximate surface area is 92.7 Å². The molecule has 0 aliphatic heterocycles. The van der Waals surface area contributed by atoms with Gasteiger partial charge in [0.15, 0.2) is 12.0 Å². The number of nitrogens with zero attached hydrogens (tertiary/aromatic N) is 3. The number of hydrogen-bond donors (Lipinski definition) is 0. The predicted molar refractivity (Wildman–Crippen MR) is 58.4 cm³/mol. The average molecular weight is 217 g/mol. The molecule has 5 heteroatoms. The van der Waals surface area contributed by atoms with Crippen molar-refractivity contribution in [1.29, 1.82) is 0 Å². The zero-order valence-corrected chi connectivity index (χ0v) is 9.04. The lowest BCUT2D eigenvalue weighted by Crippen LogP contribution is -1.95. The molecule has 0 amide bonds. The minimum absolute atomic E-state index is 0.329. The van der Waals surface area contributed by atoms with Crippen LogP contribution in [0.1, 0.15) is 10.5 Å². The quantitative estimate of drug-likeness (QED) is 0.727. The first-order chi connectivity index (χ1) is 7.76. The molecule has 0 spiro atoms. The van der Waals surface area contributed by atoms with Crippen molar-refractivity contribution in [2.45, 2.75) is 0 Å². The molecular weight excluding hydrogens is 206 g/mol. The van der Waals surface area contributed by atoms with E-state index in [9.17, 15) is 4.79 Å². The Bertz CT molecular complexity index is 520. The van der Waals surface area contributed by atoms with Gasteiger partial charge in [-0.05, 0) is 12.1 Å². The molecule has 0 saturated carbocycles. The molecule has 2 rings (SSSR count). The van der Waals surface area contributed by atoms with E-state index in [2.05, 4.69) is 10.3 Å². The maximum absolute atomic E-state index is 10.8. The first-order valence-electron chi connectivity index (χ1n) is 4.75. The summed E-state index contributed by atoms with van der Waals surface area (Å²) in [5, 5.41) is 7.58. The number of hydrogen-bond acceptors (Lipinski definition) is 4. The molecule has 0 fully saturated rings. The van der Waals surface area contributed by atoms with E-state index in [1.165, 1.54) is 0 Å². The van der Waals surface area contributed by atoms with Crippen molar-refractivity contribution < 1.29 is 9.53 Å². The van der Waals surface area contributed by atoms with Gasteiger partial charge in [-0.2, -0.15) is 0 Å². The summed E-state index contributed by atoms with van der Waals surface area (Å²) in [6.07, 6.45) is 0.696. The highest BCUT2D eigenvalue weighted by Gasteiger charge is 2.12. The molecule has 5 nitrogen and oxygen atoms in total. The third kappa shape index (κ3) is 1.67. The van der Waals surface area contributed by atoms with Crippen molar-refractivity contribution in [2.75, 3.05) is 7.11 Å². The summed E-state index contributed by atoms with van der Waals surface area (Å²) in [4.78, 5) is 10.8. The van der Waals surface area contributed by atoms with Crippen molar-refractivity contribution in [2.24, 2.45) is 7.05 Å². The van der Waals surface area contributed by atoms with E-state index in [4.69, 9.17) is 4.74 Å². The van der Waals surface area contributed by atoms with Crippen LogP contribution in [0, 0.1) is 0 Å². The molecule has 82 valence electrons. The second-order valence-electron chi connectivity index (χ2n) is 3.30. The Hall–Kier alpha value is -2.17. The smallest absolute Gasteiger partial charge is 0.172 e. The molecule has 1 aromatic carbocycles. The average Bonchev–Trinajstić information content (AvgIpc) is 2.70. The number of benzene rings is 1. The summed E-state index contributed by atoms with van der Waals surface area (Å²) in [6, 6.07) is 7.42. The van der Waals surface area contributed by atoms with Gasteiger partial charge in [0.1, 0.15) is 5.75 Å². The lowest BCUT2D eigenvalue weighted by molar-refractivity contribution is 0.111. The topological polar surface area (TPSA) is 57.0 Å². The summed E-state index contributed by atoms with van der Waals surface area (Å²) < 4.78 is 6.70. The molecule has 0 aliphatic carbocycles. The highest BCUT2D eigenvalue weighted by Crippen LogP contribution is 2.24. The number of carbonyl (C=O) groups is 1. The molecule has 1 heterocycles. The second-order valence-corrected chi connectivity index (χ2v) is 3.30. The second kappa shape index (κ2) is 4.14. The largest absolute Gasteiger partial charge is 0.497 e. The molecule has 2 aromatic rings. The number of methoxy groups -OCH3 is 1.